The number of fused-ring (bicyclic) bond motifs is 1. The van der Waals surface area contributed by atoms with Crippen molar-refractivity contribution in [3.05, 3.63) is 86.5 Å². The Morgan fingerprint density at radius 2 is 1.96 bits per heavy atom. The highest BCUT2D eigenvalue weighted by Gasteiger charge is 2.14. The molecule has 2 aromatic heterocycles. The third-order valence-electron chi connectivity index (χ3n) is 4.41. The van der Waals surface area contributed by atoms with Gasteiger partial charge in [0.05, 0.1) is 11.9 Å². The van der Waals surface area contributed by atoms with Crippen LogP contribution in [0.25, 0.3) is 21.3 Å². The second kappa shape index (κ2) is 7.83. The van der Waals surface area contributed by atoms with Crippen molar-refractivity contribution < 1.29 is 4.39 Å². The summed E-state index contributed by atoms with van der Waals surface area (Å²) in [5.41, 5.74) is 2.48. The number of aromatic nitrogens is 2. The van der Waals surface area contributed by atoms with Gasteiger partial charge in [-0.2, -0.15) is 0 Å². The van der Waals surface area contributed by atoms with E-state index < -0.39 is 0 Å². The van der Waals surface area contributed by atoms with Crippen LogP contribution in [-0.4, -0.2) is 21.9 Å². The monoisotopic (exact) mass is 413 g/mol. The van der Waals surface area contributed by atoms with E-state index in [2.05, 4.69) is 14.9 Å². The minimum Gasteiger partial charge on any atom is -0.309 e. The van der Waals surface area contributed by atoms with Crippen LogP contribution in [0, 0.1) is 5.82 Å². The number of benzene rings is 2. The molecule has 0 bridgehead atoms. The number of aromatic amines is 1. The van der Waals surface area contributed by atoms with E-state index in [9.17, 15) is 9.18 Å². The van der Waals surface area contributed by atoms with Gasteiger partial charge in [-0.25, -0.2) is 9.37 Å². The Morgan fingerprint density at radius 3 is 2.71 bits per heavy atom. The third-order valence-corrected chi connectivity index (χ3v) is 5.52. The fourth-order valence-corrected chi connectivity index (χ4v) is 4.35. The summed E-state index contributed by atoms with van der Waals surface area (Å²) in [5.74, 6) is 0.301. The molecule has 0 aliphatic heterocycles. The molecule has 0 fully saturated rings. The van der Waals surface area contributed by atoms with Crippen LogP contribution in [0.15, 0.2) is 58.7 Å². The lowest BCUT2D eigenvalue weighted by Gasteiger charge is -2.16. The Kier molecular flexibility index (Phi) is 5.26. The fourth-order valence-electron chi connectivity index (χ4n) is 3.17. The average Bonchev–Trinajstić information content (AvgIpc) is 3.06. The zero-order valence-electron chi connectivity index (χ0n) is 15.1. The summed E-state index contributed by atoms with van der Waals surface area (Å²) in [7, 11) is 1.96. The molecule has 0 unspecified atom stereocenters. The van der Waals surface area contributed by atoms with Gasteiger partial charge in [-0.05, 0) is 42.4 Å². The number of H-pyrrole nitrogens is 1. The first kappa shape index (κ1) is 18.8. The van der Waals surface area contributed by atoms with Crippen LogP contribution >= 0.6 is 22.9 Å². The molecule has 1 N–H and O–H groups in total. The Hall–Kier alpha value is -2.54. The van der Waals surface area contributed by atoms with Crippen LogP contribution < -0.4 is 5.56 Å². The van der Waals surface area contributed by atoms with Crippen molar-refractivity contribution in [3.8, 4) is 11.1 Å². The standard InChI is InChI=1S/C21H17ClFN3OS/c1-26(10-13-3-2-4-15(22)9-13)11-18-24-20(27)19-17(12-28-21(19)25-18)14-5-7-16(23)8-6-14/h2-9,12H,10-11H2,1H3,(H,24,25,27). The van der Waals surface area contributed by atoms with Crippen LogP contribution in [-0.2, 0) is 13.1 Å². The predicted octanol–water partition coefficient (Wildman–Crippen LogP) is 5.08. The minimum absolute atomic E-state index is 0.184. The lowest BCUT2D eigenvalue weighted by molar-refractivity contribution is 0.311. The lowest BCUT2D eigenvalue weighted by atomic mass is 10.1. The van der Waals surface area contributed by atoms with Crippen LogP contribution in [0.5, 0.6) is 0 Å². The fraction of sp³-hybridized carbons (Fsp3) is 0.143. The molecule has 0 saturated heterocycles. The lowest BCUT2D eigenvalue weighted by Crippen LogP contribution is -2.21. The summed E-state index contributed by atoms with van der Waals surface area (Å²) in [6.45, 7) is 1.19. The zero-order valence-corrected chi connectivity index (χ0v) is 16.6. The van der Waals surface area contributed by atoms with Crippen molar-refractivity contribution >= 4 is 33.2 Å². The molecule has 0 saturated carbocycles. The molecule has 4 nitrogen and oxygen atoms in total. The molecule has 28 heavy (non-hydrogen) atoms. The summed E-state index contributed by atoms with van der Waals surface area (Å²) in [4.78, 5) is 22.9. The maximum Gasteiger partial charge on any atom is 0.260 e. The molecular formula is C21H17ClFN3OS. The normalized spacial score (nSPS) is 11.4. The number of rotatable bonds is 5. The quantitative estimate of drug-likeness (QED) is 0.496. The number of halogens is 2. The number of thiophene rings is 1. The summed E-state index contributed by atoms with van der Waals surface area (Å²) >= 11 is 7.45. The molecule has 7 heteroatoms. The number of nitrogens with zero attached hydrogens (tertiary/aromatic N) is 2. The SMILES string of the molecule is CN(Cc1cccc(Cl)c1)Cc1nc2scc(-c3ccc(F)cc3)c2c(=O)[nH]1. The van der Waals surface area contributed by atoms with Gasteiger partial charge in [0, 0.05) is 22.5 Å². The number of hydrogen-bond acceptors (Lipinski definition) is 4. The molecule has 0 spiro atoms. The summed E-state index contributed by atoms with van der Waals surface area (Å²) in [5, 5.41) is 3.13. The topological polar surface area (TPSA) is 49.0 Å². The molecule has 0 atom stereocenters. The maximum absolute atomic E-state index is 13.2. The van der Waals surface area contributed by atoms with Crippen LogP contribution in [0.4, 0.5) is 4.39 Å². The van der Waals surface area contributed by atoms with Crippen molar-refractivity contribution in [2.75, 3.05) is 7.05 Å². The van der Waals surface area contributed by atoms with Gasteiger partial charge in [0.1, 0.15) is 16.5 Å². The van der Waals surface area contributed by atoms with Gasteiger partial charge in [0.25, 0.3) is 5.56 Å². The van der Waals surface area contributed by atoms with Crippen molar-refractivity contribution in [2.45, 2.75) is 13.1 Å². The van der Waals surface area contributed by atoms with Crippen molar-refractivity contribution in [2.24, 2.45) is 0 Å². The molecular weight excluding hydrogens is 397 g/mol. The summed E-state index contributed by atoms with van der Waals surface area (Å²) in [6.07, 6.45) is 0. The number of hydrogen-bond donors (Lipinski definition) is 1. The Morgan fingerprint density at radius 1 is 1.18 bits per heavy atom. The highest BCUT2D eigenvalue weighted by atomic mass is 35.5. The molecule has 4 rings (SSSR count). The highest BCUT2D eigenvalue weighted by molar-refractivity contribution is 7.17. The first-order valence-corrected chi connectivity index (χ1v) is 9.94. The second-order valence-electron chi connectivity index (χ2n) is 6.65. The largest absolute Gasteiger partial charge is 0.309 e. The van der Waals surface area contributed by atoms with E-state index in [-0.39, 0.29) is 11.4 Å². The van der Waals surface area contributed by atoms with Crippen LogP contribution in [0.2, 0.25) is 5.02 Å². The van der Waals surface area contributed by atoms with E-state index in [0.29, 0.717) is 34.2 Å². The summed E-state index contributed by atoms with van der Waals surface area (Å²) in [6, 6.07) is 13.8. The maximum atomic E-state index is 13.2. The van der Waals surface area contributed by atoms with Gasteiger partial charge in [-0.15, -0.1) is 11.3 Å². The minimum atomic E-state index is -0.305. The van der Waals surface area contributed by atoms with E-state index in [1.54, 1.807) is 12.1 Å². The third kappa shape index (κ3) is 3.99. The van der Waals surface area contributed by atoms with E-state index >= 15 is 0 Å². The average molecular weight is 414 g/mol. The molecule has 0 amide bonds. The van der Waals surface area contributed by atoms with E-state index in [1.807, 2.05) is 36.7 Å². The zero-order chi connectivity index (χ0) is 19.7. The Bertz CT molecular complexity index is 1190. The number of nitrogens with one attached hydrogen (secondary N) is 1. The van der Waals surface area contributed by atoms with Gasteiger partial charge >= 0.3 is 0 Å². The predicted molar refractivity (Wildman–Crippen MR) is 112 cm³/mol. The van der Waals surface area contributed by atoms with Gasteiger partial charge in [0.2, 0.25) is 0 Å². The second-order valence-corrected chi connectivity index (χ2v) is 7.95. The van der Waals surface area contributed by atoms with Gasteiger partial charge < -0.3 is 4.98 Å². The van der Waals surface area contributed by atoms with Crippen LogP contribution in [0.3, 0.4) is 0 Å². The van der Waals surface area contributed by atoms with E-state index in [0.717, 1.165) is 16.7 Å². The molecule has 4 aromatic rings. The van der Waals surface area contributed by atoms with Crippen molar-refractivity contribution in [1.29, 1.82) is 0 Å². The summed E-state index contributed by atoms with van der Waals surface area (Å²) < 4.78 is 13.2. The van der Waals surface area contributed by atoms with Crippen molar-refractivity contribution in [1.82, 2.24) is 14.9 Å². The molecule has 0 aliphatic carbocycles. The van der Waals surface area contributed by atoms with Gasteiger partial charge in [0.15, 0.2) is 0 Å². The first-order valence-electron chi connectivity index (χ1n) is 8.69. The van der Waals surface area contributed by atoms with E-state index in [1.165, 1.54) is 23.5 Å². The Balaban J connectivity index is 1.59. The molecule has 0 aliphatic rings. The Labute approximate surface area is 170 Å². The highest BCUT2D eigenvalue weighted by Crippen LogP contribution is 2.30. The van der Waals surface area contributed by atoms with Crippen LogP contribution in [0.1, 0.15) is 11.4 Å². The van der Waals surface area contributed by atoms with E-state index in [4.69, 9.17) is 11.6 Å². The van der Waals surface area contributed by atoms with Crippen molar-refractivity contribution in [3.63, 3.8) is 0 Å². The molecule has 2 heterocycles. The van der Waals surface area contributed by atoms with Gasteiger partial charge in [-0.3, -0.25) is 9.69 Å². The first-order chi connectivity index (χ1) is 13.5. The molecule has 142 valence electrons. The van der Waals surface area contributed by atoms with Gasteiger partial charge in [-0.1, -0.05) is 35.9 Å². The molecule has 2 aromatic carbocycles. The smallest absolute Gasteiger partial charge is 0.260 e. The molecule has 0 radical (unpaired) electrons.